The highest BCUT2D eigenvalue weighted by Crippen LogP contribution is 2.27. The smallest absolute Gasteiger partial charge is 0.166 e. The van der Waals surface area contributed by atoms with Crippen molar-refractivity contribution in [3.8, 4) is 5.75 Å². The van der Waals surface area contributed by atoms with E-state index in [1.165, 1.54) is 0 Å². The second-order valence-electron chi connectivity index (χ2n) is 3.14. The SMILES string of the molecule is CCn1c(C=O)cc2c(O)cccc21. The molecule has 0 saturated heterocycles. The number of hydrogen-bond donors (Lipinski definition) is 1. The highest BCUT2D eigenvalue weighted by Gasteiger charge is 2.08. The van der Waals surface area contributed by atoms with Crippen molar-refractivity contribution in [2.75, 3.05) is 0 Å². The molecule has 0 bridgehead atoms. The Morgan fingerprint density at radius 2 is 2.29 bits per heavy atom. The molecule has 3 heteroatoms. The molecule has 3 nitrogen and oxygen atoms in total. The van der Waals surface area contributed by atoms with Crippen molar-refractivity contribution in [3.05, 3.63) is 30.0 Å². The van der Waals surface area contributed by atoms with Crippen LogP contribution in [0.15, 0.2) is 24.3 Å². The predicted molar refractivity (Wildman–Crippen MR) is 54.7 cm³/mol. The number of aryl methyl sites for hydroxylation is 1. The van der Waals surface area contributed by atoms with Crippen LogP contribution in [0.25, 0.3) is 10.9 Å². The second-order valence-corrected chi connectivity index (χ2v) is 3.14. The molecule has 0 aliphatic rings. The molecule has 0 atom stereocenters. The second kappa shape index (κ2) is 3.18. The molecule has 0 spiro atoms. The summed E-state index contributed by atoms with van der Waals surface area (Å²) in [5.41, 5.74) is 1.50. The van der Waals surface area contributed by atoms with Gasteiger partial charge in [0, 0.05) is 11.9 Å². The Morgan fingerprint density at radius 3 is 2.93 bits per heavy atom. The molecular weight excluding hydrogens is 178 g/mol. The van der Waals surface area contributed by atoms with Crippen molar-refractivity contribution in [3.63, 3.8) is 0 Å². The van der Waals surface area contributed by atoms with Gasteiger partial charge in [-0.2, -0.15) is 0 Å². The molecule has 0 radical (unpaired) electrons. The number of aldehydes is 1. The van der Waals surface area contributed by atoms with Crippen molar-refractivity contribution < 1.29 is 9.90 Å². The van der Waals surface area contributed by atoms with Crippen LogP contribution in [0.1, 0.15) is 17.4 Å². The predicted octanol–water partition coefficient (Wildman–Crippen LogP) is 2.18. The van der Waals surface area contributed by atoms with E-state index in [1.54, 1.807) is 18.2 Å². The summed E-state index contributed by atoms with van der Waals surface area (Å²) in [5.74, 6) is 0.220. The molecular formula is C11H11NO2. The Hall–Kier alpha value is -1.77. The third-order valence-corrected chi connectivity index (χ3v) is 2.39. The quantitative estimate of drug-likeness (QED) is 0.736. The first-order chi connectivity index (χ1) is 6.77. The lowest BCUT2D eigenvalue weighted by molar-refractivity contribution is 0.111. The zero-order valence-corrected chi connectivity index (χ0v) is 7.90. The Morgan fingerprint density at radius 1 is 1.50 bits per heavy atom. The summed E-state index contributed by atoms with van der Waals surface area (Å²) in [6.45, 7) is 2.69. The lowest BCUT2D eigenvalue weighted by atomic mass is 10.2. The number of aromatic hydroxyl groups is 1. The number of fused-ring (bicyclic) bond motifs is 1. The van der Waals surface area contributed by atoms with E-state index < -0.39 is 0 Å². The minimum atomic E-state index is 0.220. The van der Waals surface area contributed by atoms with Crippen molar-refractivity contribution in [2.24, 2.45) is 0 Å². The average Bonchev–Trinajstić information content (AvgIpc) is 2.57. The molecule has 1 N–H and O–H groups in total. The van der Waals surface area contributed by atoms with Crippen LogP contribution in [0, 0.1) is 0 Å². The van der Waals surface area contributed by atoms with E-state index in [2.05, 4.69) is 0 Å². The maximum Gasteiger partial charge on any atom is 0.166 e. The van der Waals surface area contributed by atoms with E-state index in [1.807, 2.05) is 17.6 Å². The zero-order valence-electron chi connectivity index (χ0n) is 7.90. The monoisotopic (exact) mass is 189 g/mol. The first kappa shape index (κ1) is 8.81. The van der Waals surface area contributed by atoms with Crippen molar-refractivity contribution in [2.45, 2.75) is 13.5 Å². The Labute approximate surface area is 81.6 Å². The van der Waals surface area contributed by atoms with Gasteiger partial charge in [-0.3, -0.25) is 4.79 Å². The minimum absolute atomic E-state index is 0.220. The molecule has 1 aromatic carbocycles. The molecule has 2 aromatic rings. The summed E-state index contributed by atoms with van der Waals surface area (Å²) in [7, 11) is 0. The lowest BCUT2D eigenvalue weighted by Crippen LogP contribution is -1.98. The number of phenolic OH excluding ortho intramolecular Hbond substituents is 1. The van der Waals surface area contributed by atoms with Gasteiger partial charge in [0.05, 0.1) is 11.2 Å². The molecule has 1 aromatic heterocycles. The molecule has 0 fully saturated rings. The van der Waals surface area contributed by atoms with Gasteiger partial charge in [-0.1, -0.05) is 6.07 Å². The molecule has 0 amide bonds. The number of phenols is 1. The molecule has 14 heavy (non-hydrogen) atoms. The number of benzene rings is 1. The first-order valence-electron chi connectivity index (χ1n) is 4.54. The summed E-state index contributed by atoms with van der Waals surface area (Å²) in [6.07, 6.45) is 0.808. The van der Waals surface area contributed by atoms with E-state index in [0.717, 1.165) is 23.7 Å². The van der Waals surface area contributed by atoms with Crippen LogP contribution in [0.2, 0.25) is 0 Å². The normalized spacial score (nSPS) is 10.6. The molecule has 0 saturated carbocycles. The summed E-state index contributed by atoms with van der Waals surface area (Å²) in [5, 5.41) is 10.3. The maximum atomic E-state index is 10.8. The maximum absolute atomic E-state index is 10.8. The largest absolute Gasteiger partial charge is 0.507 e. The third kappa shape index (κ3) is 1.09. The third-order valence-electron chi connectivity index (χ3n) is 2.39. The number of rotatable bonds is 2. The topological polar surface area (TPSA) is 42.2 Å². The molecule has 0 aliphatic carbocycles. The highest BCUT2D eigenvalue weighted by molar-refractivity contribution is 5.92. The van der Waals surface area contributed by atoms with Gasteiger partial charge in [-0.25, -0.2) is 0 Å². The Balaban J connectivity index is 2.86. The average molecular weight is 189 g/mol. The van der Waals surface area contributed by atoms with Gasteiger partial charge in [0.15, 0.2) is 6.29 Å². The number of carbonyl (C=O) groups excluding carboxylic acids is 1. The Kier molecular flexibility index (Phi) is 2.00. The van der Waals surface area contributed by atoms with Crippen molar-refractivity contribution >= 4 is 17.2 Å². The van der Waals surface area contributed by atoms with Crippen molar-refractivity contribution in [1.29, 1.82) is 0 Å². The zero-order chi connectivity index (χ0) is 10.1. The van der Waals surface area contributed by atoms with E-state index in [-0.39, 0.29) is 5.75 Å². The molecule has 0 unspecified atom stereocenters. The van der Waals surface area contributed by atoms with Crippen molar-refractivity contribution in [1.82, 2.24) is 4.57 Å². The van der Waals surface area contributed by atoms with Gasteiger partial charge in [-0.05, 0) is 25.1 Å². The number of aromatic nitrogens is 1. The number of hydrogen-bond acceptors (Lipinski definition) is 2. The fourth-order valence-electron chi connectivity index (χ4n) is 1.74. The fourth-order valence-corrected chi connectivity index (χ4v) is 1.74. The Bertz CT molecular complexity index is 485. The number of nitrogens with zero attached hydrogens (tertiary/aromatic N) is 1. The van der Waals surface area contributed by atoms with Gasteiger partial charge < -0.3 is 9.67 Å². The summed E-state index contributed by atoms with van der Waals surface area (Å²) < 4.78 is 1.88. The summed E-state index contributed by atoms with van der Waals surface area (Å²) in [6, 6.07) is 7.00. The van der Waals surface area contributed by atoms with Gasteiger partial charge >= 0.3 is 0 Å². The van der Waals surface area contributed by atoms with E-state index in [0.29, 0.717) is 5.69 Å². The van der Waals surface area contributed by atoms with Crippen LogP contribution in [-0.4, -0.2) is 16.0 Å². The van der Waals surface area contributed by atoms with E-state index >= 15 is 0 Å². The summed E-state index contributed by atoms with van der Waals surface area (Å²) >= 11 is 0. The lowest BCUT2D eigenvalue weighted by Gasteiger charge is -2.02. The van der Waals surface area contributed by atoms with Gasteiger partial charge in [0.25, 0.3) is 0 Å². The van der Waals surface area contributed by atoms with Crippen LogP contribution in [0.5, 0.6) is 5.75 Å². The molecule has 1 heterocycles. The van der Waals surface area contributed by atoms with Crippen LogP contribution in [0.4, 0.5) is 0 Å². The first-order valence-corrected chi connectivity index (χ1v) is 4.54. The van der Waals surface area contributed by atoms with Crippen LogP contribution in [-0.2, 0) is 6.54 Å². The van der Waals surface area contributed by atoms with Gasteiger partial charge in [0.2, 0.25) is 0 Å². The van der Waals surface area contributed by atoms with Crippen LogP contribution in [0.3, 0.4) is 0 Å². The van der Waals surface area contributed by atoms with Crippen LogP contribution >= 0.6 is 0 Å². The van der Waals surface area contributed by atoms with Gasteiger partial charge in [0.1, 0.15) is 5.75 Å². The molecule has 2 rings (SSSR count). The van der Waals surface area contributed by atoms with Crippen LogP contribution < -0.4 is 0 Å². The summed E-state index contributed by atoms with van der Waals surface area (Å²) in [4.78, 5) is 10.8. The number of carbonyl (C=O) groups is 1. The fraction of sp³-hybridized carbons (Fsp3) is 0.182. The molecule has 72 valence electrons. The standard InChI is InChI=1S/C11H11NO2/c1-2-12-8(7-13)6-9-10(12)4-3-5-11(9)14/h3-7,14H,2H2,1H3. The highest BCUT2D eigenvalue weighted by atomic mass is 16.3. The minimum Gasteiger partial charge on any atom is -0.507 e. The van der Waals surface area contributed by atoms with Gasteiger partial charge in [-0.15, -0.1) is 0 Å². The van der Waals surface area contributed by atoms with E-state index in [9.17, 15) is 9.90 Å². The van der Waals surface area contributed by atoms with E-state index in [4.69, 9.17) is 0 Å². The molecule has 0 aliphatic heterocycles.